The Hall–Kier alpha value is -1.87. The van der Waals surface area contributed by atoms with Crippen LogP contribution in [0.15, 0.2) is 42.5 Å². The number of amides is 1. The third-order valence-corrected chi connectivity index (χ3v) is 6.06. The zero-order valence-corrected chi connectivity index (χ0v) is 19.3. The van der Waals surface area contributed by atoms with E-state index in [1.807, 2.05) is 13.8 Å². The Morgan fingerprint density at radius 1 is 1.10 bits per heavy atom. The van der Waals surface area contributed by atoms with E-state index in [0.29, 0.717) is 28.8 Å². The molecule has 0 saturated carbocycles. The number of benzene rings is 2. The Morgan fingerprint density at radius 3 is 2.45 bits per heavy atom. The monoisotopic (exact) mass is 491 g/mol. The molecule has 31 heavy (non-hydrogen) atoms. The molecule has 0 aliphatic rings. The van der Waals surface area contributed by atoms with Crippen molar-refractivity contribution in [1.82, 2.24) is 9.88 Å². The molecule has 0 aliphatic carbocycles. The Bertz CT molecular complexity index is 1040. The summed E-state index contributed by atoms with van der Waals surface area (Å²) in [6.07, 6.45) is -4.52. The van der Waals surface area contributed by atoms with Crippen LogP contribution in [0.2, 0.25) is 5.02 Å². The van der Waals surface area contributed by atoms with Crippen LogP contribution in [0.4, 0.5) is 18.3 Å². The molecule has 1 heterocycles. The van der Waals surface area contributed by atoms with Gasteiger partial charge in [0.15, 0.2) is 5.13 Å². The Balaban J connectivity index is 0.00000341. The van der Waals surface area contributed by atoms with Crippen molar-refractivity contribution in [2.45, 2.75) is 20.0 Å². The third kappa shape index (κ3) is 6.10. The number of carbonyl (C=O) groups is 1. The lowest BCUT2D eigenvalue weighted by Crippen LogP contribution is -2.39. The summed E-state index contributed by atoms with van der Waals surface area (Å²) in [5.41, 5.74) is -0.195. The van der Waals surface area contributed by atoms with Gasteiger partial charge in [-0.15, -0.1) is 12.4 Å². The molecule has 10 heteroatoms. The van der Waals surface area contributed by atoms with Gasteiger partial charge in [0.25, 0.3) is 5.91 Å². The normalized spacial score (nSPS) is 11.6. The van der Waals surface area contributed by atoms with Gasteiger partial charge in [-0.3, -0.25) is 9.69 Å². The molecule has 1 amide bonds. The van der Waals surface area contributed by atoms with Crippen molar-refractivity contribution in [3.8, 4) is 0 Å². The number of anilines is 1. The van der Waals surface area contributed by atoms with Gasteiger partial charge in [0.2, 0.25) is 0 Å². The van der Waals surface area contributed by atoms with E-state index in [2.05, 4.69) is 9.88 Å². The van der Waals surface area contributed by atoms with Crippen molar-refractivity contribution in [2.75, 3.05) is 31.1 Å². The number of likely N-dealkylation sites (N-methyl/N-ethyl adjacent to an activating group) is 1. The third-order valence-electron chi connectivity index (χ3n) is 4.79. The fraction of sp³-hybridized carbons (Fsp3) is 0.333. The summed E-state index contributed by atoms with van der Waals surface area (Å²) in [5.74, 6) is -0.515. The average molecular weight is 492 g/mol. The summed E-state index contributed by atoms with van der Waals surface area (Å²) in [6, 6.07) is 9.71. The highest BCUT2D eigenvalue weighted by Crippen LogP contribution is 2.33. The summed E-state index contributed by atoms with van der Waals surface area (Å²) in [7, 11) is 0. The zero-order valence-electron chi connectivity index (χ0n) is 16.9. The smallest absolute Gasteiger partial charge is 0.302 e. The second-order valence-corrected chi connectivity index (χ2v) is 8.12. The van der Waals surface area contributed by atoms with Crippen LogP contribution in [0.1, 0.15) is 29.8 Å². The number of thiazole rings is 1. The first-order valence-corrected chi connectivity index (χ1v) is 10.7. The van der Waals surface area contributed by atoms with Crippen LogP contribution in [0.3, 0.4) is 0 Å². The number of hydrogen-bond donors (Lipinski definition) is 0. The molecule has 1 aromatic heterocycles. The summed E-state index contributed by atoms with van der Waals surface area (Å²) >= 11 is 7.34. The number of hydrogen-bond acceptors (Lipinski definition) is 4. The van der Waals surface area contributed by atoms with E-state index in [-0.39, 0.29) is 18.0 Å². The highest BCUT2D eigenvalue weighted by Gasteiger charge is 2.32. The van der Waals surface area contributed by atoms with Gasteiger partial charge in [0.1, 0.15) is 0 Å². The molecule has 0 N–H and O–H groups in total. The predicted molar refractivity (Wildman–Crippen MR) is 123 cm³/mol. The van der Waals surface area contributed by atoms with Gasteiger partial charge in [0, 0.05) is 23.7 Å². The average Bonchev–Trinajstić information content (AvgIpc) is 3.13. The quantitative estimate of drug-likeness (QED) is 0.384. The van der Waals surface area contributed by atoms with Gasteiger partial charge in [-0.2, -0.15) is 13.2 Å². The van der Waals surface area contributed by atoms with Gasteiger partial charge in [-0.1, -0.05) is 42.9 Å². The molecule has 0 bridgehead atoms. The predicted octanol–water partition coefficient (Wildman–Crippen LogP) is 6.38. The van der Waals surface area contributed by atoms with Crippen LogP contribution in [0, 0.1) is 0 Å². The van der Waals surface area contributed by atoms with E-state index in [1.54, 1.807) is 18.2 Å². The first-order chi connectivity index (χ1) is 14.2. The SMILES string of the molecule is CCN(CC)CCN(C(=O)c1cccc(C(F)(F)F)c1)c1nc2ccc(Cl)cc2s1.Cl. The fourth-order valence-corrected chi connectivity index (χ4v) is 4.32. The molecule has 3 aromatic rings. The lowest BCUT2D eigenvalue weighted by molar-refractivity contribution is -0.137. The van der Waals surface area contributed by atoms with Gasteiger partial charge in [0.05, 0.1) is 15.8 Å². The Morgan fingerprint density at radius 2 is 1.81 bits per heavy atom. The van der Waals surface area contributed by atoms with Gasteiger partial charge < -0.3 is 4.90 Å². The van der Waals surface area contributed by atoms with E-state index >= 15 is 0 Å². The van der Waals surface area contributed by atoms with Crippen molar-refractivity contribution < 1.29 is 18.0 Å². The van der Waals surface area contributed by atoms with Crippen LogP contribution >= 0.6 is 35.3 Å². The maximum atomic E-state index is 13.2. The maximum absolute atomic E-state index is 13.2. The standard InChI is InChI=1S/C21H21ClF3N3OS.ClH/c1-3-27(4-2)10-11-28(20-26-17-9-8-16(22)13-18(17)30-20)19(29)14-6-5-7-15(12-14)21(23,24)25;/h5-9,12-13H,3-4,10-11H2,1-2H3;1H. The van der Waals surface area contributed by atoms with Crippen LogP contribution in [0.25, 0.3) is 10.2 Å². The first kappa shape index (κ1) is 25.4. The summed E-state index contributed by atoms with van der Waals surface area (Å²) in [4.78, 5) is 21.4. The number of rotatable bonds is 7. The number of alkyl halides is 3. The Labute approximate surface area is 194 Å². The second kappa shape index (κ2) is 10.6. The van der Waals surface area contributed by atoms with E-state index in [9.17, 15) is 18.0 Å². The molecular formula is C21H22Cl2F3N3OS. The molecule has 0 spiro atoms. The summed E-state index contributed by atoms with van der Waals surface area (Å²) < 4.78 is 40.2. The largest absolute Gasteiger partial charge is 0.416 e. The molecule has 2 aromatic carbocycles. The van der Waals surface area contributed by atoms with Crippen LogP contribution < -0.4 is 4.90 Å². The zero-order chi connectivity index (χ0) is 21.9. The van der Waals surface area contributed by atoms with Crippen LogP contribution in [-0.2, 0) is 6.18 Å². The summed E-state index contributed by atoms with van der Waals surface area (Å²) in [6.45, 7) is 6.53. The second-order valence-electron chi connectivity index (χ2n) is 6.67. The van der Waals surface area contributed by atoms with E-state index in [0.717, 1.165) is 29.9 Å². The number of aromatic nitrogens is 1. The molecule has 0 atom stereocenters. The summed E-state index contributed by atoms with van der Waals surface area (Å²) in [5, 5.41) is 0.985. The molecule has 0 aliphatic heterocycles. The first-order valence-electron chi connectivity index (χ1n) is 9.50. The number of carbonyl (C=O) groups excluding carboxylic acids is 1. The maximum Gasteiger partial charge on any atom is 0.416 e. The topological polar surface area (TPSA) is 36.4 Å². The molecule has 0 radical (unpaired) electrons. The number of halogens is 5. The number of nitrogens with zero attached hydrogens (tertiary/aromatic N) is 3. The molecular weight excluding hydrogens is 470 g/mol. The minimum atomic E-state index is -4.52. The Kier molecular flexibility index (Phi) is 8.71. The van der Waals surface area contributed by atoms with Gasteiger partial charge >= 0.3 is 6.18 Å². The highest BCUT2D eigenvalue weighted by molar-refractivity contribution is 7.22. The minimum Gasteiger partial charge on any atom is -0.302 e. The van der Waals surface area contributed by atoms with Crippen molar-refractivity contribution in [1.29, 1.82) is 0 Å². The van der Waals surface area contributed by atoms with Crippen LogP contribution in [-0.4, -0.2) is 42.0 Å². The molecule has 168 valence electrons. The highest BCUT2D eigenvalue weighted by atomic mass is 35.5. The molecule has 0 saturated heterocycles. The van der Waals surface area contributed by atoms with Crippen molar-refractivity contribution in [3.05, 3.63) is 58.6 Å². The van der Waals surface area contributed by atoms with Gasteiger partial charge in [-0.05, 0) is 49.5 Å². The van der Waals surface area contributed by atoms with Crippen LogP contribution in [0.5, 0.6) is 0 Å². The molecule has 0 fully saturated rings. The minimum absolute atomic E-state index is 0. The lowest BCUT2D eigenvalue weighted by Gasteiger charge is -2.25. The van der Waals surface area contributed by atoms with Crippen molar-refractivity contribution in [3.63, 3.8) is 0 Å². The van der Waals surface area contributed by atoms with Crippen molar-refractivity contribution >= 4 is 56.6 Å². The van der Waals surface area contributed by atoms with Crippen molar-refractivity contribution in [2.24, 2.45) is 0 Å². The fourth-order valence-electron chi connectivity index (χ4n) is 3.05. The lowest BCUT2D eigenvalue weighted by atomic mass is 10.1. The molecule has 3 rings (SSSR count). The molecule has 0 unspecified atom stereocenters. The number of fused-ring (bicyclic) bond motifs is 1. The van der Waals surface area contributed by atoms with E-state index in [1.165, 1.54) is 28.4 Å². The molecule has 4 nitrogen and oxygen atoms in total. The van der Waals surface area contributed by atoms with E-state index in [4.69, 9.17) is 11.6 Å². The van der Waals surface area contributed by atoms with E-state index < -0.39 is 17.6 Å². The van der Waals surface area contributed by atoms with Gasteiger partial charge in [-0.25, -0.2) is 4.98 Å².